The molecule has 1 saturated heterocycles. The summed E-state index contributed by atoms with van der Waals surface area (Å²) in [4.78, 5) is 23.0. The fourth-order valence-electron chi connectivity index (χ4n) is 2.49. The highest BCUT2D eigenvalue weighted by Crippen LogP contribution is 2.12. The van der Waals surface area contributed by atoms with Crippen LogP contribution in [-0.2, 0) is 19.1 Å². The molecule has 0 spiro atoms. The van der Waals surface area contributed by atoms with E-state index in [1.807, 2.05) is 0 Å². The van der Waals surface area contributed by atoms with E-state index in [2.05, 4.69) is 15.8 Å². The summed E-state index contributed by atoms with van der Waals surface area (Å²) in [6.45, 7) is 1.23. The number of carbonyl (C=O) groups excluding carboxylic acids is 2. The summed E-state index contributed by atoms with van der Waals surface area (Å²) in [6, 6.07) is -0.194. The molecule has 0 aromatic heterocycles. The lowest BCUT2D eigenvalue weighted by atomic mass is 10.0. The van der Waals surface area contributed by atoms with E-state index in [4.69, 9.17) is 14.6 Å². The van der Waals surface area contributed by atoms with Crippen LogP contribution in [0.3, 0.4) is 0 Å². The predicted molar refractivity (Wildman–Crippen MR) is 78.2 cm³/mol. The molecule has 8 heteroatoms. The van der Waals surface area contributed by atoms with Gasteiger partial charge in [-0.25, -0.2) is 5.43 Å². The van der Waals surface area contributed by atoms with Crippen molar-refractivity contribution in [2.75, 3.05) is 26.4 Å². The second-order valence-electron chi connectivity index (χ2n) is 5.38. The van der Waals surface area contributed by atoms with E-state index in [0.717, 1.165) is 5.71 Å². The number of carbonyl (C=O) groups is 2. The zero-order valence-electron chi connectivity index (χ0n) is 12.5. The van der Waals surface area contributed by atoms with Gasteiger partial charge < -0.3 is 19.9 Å². The van der Waals surface area contributed by atoms with Crippen molar-refractivity contribution >= 4 is 17.5 Å². The first-order valence-corrected chi connectivity index (χ1v) is 7.63. The summed E-state index contributed by atoms with van der Waals surface area (Å²) in [5, 5.41) is 15.7. The molecule has 0 saturated carbocycles. The number of hydrazone groups is 1. The molecule has 1 fully saturated rings. The molecule has 2 aliphatic heterocycles. The summed E-state index contributed by atoms with van der Waals surface area (Å²) in [6.07, 6.45) is 2.45. The SMILES string of the molecule is O=C1CCC(CCC(=O)N[C@@H]2COCC[C@@H]2OCCO)=NN1. The molecule has 2 amide bonds. The minimum Gasteiger partial charge on any atom is -0.394 e. The van der Waals surface area contributed by atoms with Crippen LogP contribution < -0.4 is 10.7 Å². The molecule has 0 aliphatic carbocycles. The van der Waals surface area contributed by atoms with E-state index >= 15 is 0 Å². The van der Waals surface area contributed by atoms with Crippen molar-refractivity contribution in [3.8, 4) is 0 Å². The van der Waals surface area contributed by atoms with Crippen molar-refractivity contribution in [1.82, 2.24) is 10.7 Å². The number of amides is 2. The molecule has 0 bridgehead atoms. The van der Waals surface area contributed by atoms with Gasteiger partial charge in [0.05, 0.1) is 32.0 Å². The molecule has 8 nitrogen and oxygen atoms in total. The number of nitrogens with one attached hydrogen (secondary N) is 2. The standard InChI is InChI=1S/C14H23N3O5/c18-6-8-22-12-5-7-21-9-11(12)15-13(19)3-1-10-2-4-14(20)17-16-10/h11-12,18H,1-9H2,(H,15,19)(H,17,20)/t11-,12+/m1/s1. The first-order valence-electron chi connectivity index (χ1n) is 7.63. The normalized spacial score (nSPS) is 25.3. The summed E-state index contributed by atoms with van der Waals surface area (Å²) in [5.74, 6) is -0.177. The van der Waals surface area contributed by atoms with Crippen molar-refractivity contribution in [2.45, 2.75) is 44.2 Å². The van der Waals surface area contributed by atoms with E-state index in [1.54, 1.807) is 0 Å². The van der Waals surface area contributed by atoms with E-state index < -0.39 is 0 Å². The van der Waals surface area contributed by atoms with Crippen LogP contribution in [0.1, 0.15) is 32.1 Å². The van der Waals surface area contributed by atoms with Crippen LogP contribution in [0.25, 0.3) is 0 Å². The van der Waals surface area contributed by atoms with Gasteiger partial charge >= 0.3 is 0 Å². The Morgan fingerprint density at radius 2 is 2.36 bits per heavy atom. The Bertz CT molecular complexity index is 427. The quantitative estimate of drug-likeness (QED) is 0.577. The third-order valence-corrected chi connectivity index (χ3v) is 3.68. The largest absolute Gasteiger partial charge is 0.394 e. The highest BCUT2D eigenvalue weighted by molar-refractivity contribution is 5.94. The third kappa shape index (κ3) is 5.36. The fourth-order valence-corrected chi connectivity index (χ4v) is 2.49. The summed E-state index contributed by atoms with van der Waals surface area (Å²) < 4.78 is 10.9. The van der Waals surface area contributed by atoms with Gasteiger partial charge in [0.25, 0.3) is 0 Å². The molecule has 0 aromatic carbocycles. The Kier molecular flexibility index (Phi) is 6.75. The second kappa shape index (κ2) is 8.82. The Hall–Kier alpha value is -1.51. The van der Waals surface area contributed by atoms with Gasteiger partial charge in [0, 0.05) is 25.2 Å². The minimum atomic E-state index is -0.194. The van der Waals surface area contributed by atoms with Gasteiger partial charge in [0.2, 0.25) is 11.8 Å². The Morgan fingerprint density at radius 1 is 1.50 bits per heavy atom. The van der Waals surface area contributed by atoms with Gasteiger partial charge in [-0.15, -0.1) is 0 Å². The first kappa shape index (κ1) is 16.9. The smallest absolute Gasteiger partial charge is 0.240 e. The van der Waals surface area contributed by atoms with Gasteiger partial charge in [0.1, 0.15) is 0 Å². The number of hydrogen-bond donors (Lipinski definition) is 3. The number of rotatable bonds is 7. The number of aliphatic hydroxyl groups is 1. The maximum atomic E-state index is 12.0. The van der Waals surface area contributed by atoms with Crippen molar-refractivity contribution in [2.24, 2.45) is 5.10 Å². The molecule has 2 atom stereocenters. The lowest BCUT2D eigenvalue weighted by Gasteiger charge is -2.32. The zero-order chi connectivity index (χ0) is 15.8. The predicted octanol–water partition coefficient (Wildman–Crippen LogP) is -0.685. The topological polar surface area (TPSA) is 109 Å². The molecule has 2 rings (SSSR count). The maximum Gasteiger partial charge on any atom is 0.240 e. The maximum absolute atomic E-state index is 12.0. The van der Waals surface area contributed by atoms with Gasteiger partial charge in [-0.3, -0.25) is 9.59 Å². The molecule has 0 radical (unpaired) electrons. The highest BCUT2D eigenvalue weighted by Gasteiger charge is 2.27. The number of aliphatic hydroxyl groups excluding tert-OH is 1. The molecule has 2 aliphatic rings. The van der Waals surface area contributed by atoms with Crippen molar-refractivity contribution in [1.29, 1.82) is 0 Å². The molecule has 3 N–H and O–H groups in total. The summed E-state index contributed by atoms with van der Waals surface area (Å²) >= 11 is 0. The molecule has 2 heterocycles. The number of ether oxygens (including phenoxy) is 2. The van der Waals surface area contributed by atoms with Gasteiger partial charge in [-0.2, -0.15) is 5.10 Å². The van der Waals surface area contributed by atoms with Crippen LogP contribution >= 0.6 is 0 Å². The highest BCUT2D eigenvalue weighted by atomic mass is 16.5. The number of nitrogens with zero attached hydrogens (tertiary/aromatic N) is 1. The van der Waals surface area contributed by atoms with Crippen molar-refractivity contribution < 1.29 is 24.2 Å². The third-order valence-electron chi connectivity index (χ3n) is 3.68. The molecule has 22 heavy (non-hydrogen) atoms. The van der Waals surface area contributed by atoms with Crippen LogP contribution in [0, 0.1) is 0 Å². The van der Waals surface area contributed by atoms with Crippen LogP contribution in [0.4, 0.5) is 0 Å². The van der Waals surface area contributed by atoms with E-state index in [-0.39, 0.29) is 37.2 Å². The lowest BCUT2D eigenvalue weighted by Crippen LogP contribution is -2.50. The molecular weight excluding hydrogens is 290 g/mol. The fraction of sp³-hybridized carbons (Fsp3) is 0.786. The van der Waals surface area contributed by atoms with Crippen LogP contribution in [0.5, 0.6) is 0 Å². The van der Waals surface area contributed by atoms with Gasteiger partial charge in [-0.05, 0) is 19.3 Å². The monoisotopic (exact) mass is 313 g/mol. The van der Waals surface area contributed by atoms with Crippen LogP contribution in [0.2, 0.25) is 0 Å². The van der Waals surface area contributed by atoms with E-state index in [9.17, 15) is 9.59 Å². The zero-order valence-corrected chi connectivity index (χ0v) is 12.5. The Balaban J connectivity index is 1.73. The molecular formula is C14H23N3O5. The Morgan fingerprint density at radius 3 is 3.09 bits per heavy atom. The molecule has 0 unspecified atom stereocenters. The van der Waals surface area contributed by atoms with Crippen LogP contribution in [-0.4, -0.2) is 61.2 Å². The van der Waals surface area contributed by atoms with Crippen LogP contribution in [0.15, 0.2) is 5.10 Å². The molecule has 0 aromatic rings. The van der Waals surface area contributed by atoms with E-state index in [0.29, 0.717) is 45.3 Å². The van der Waals surface area contributed by atoms with Gasteiger partial charge in [0.15, 0.2) is 0 Å². The minimum absolute atomic E-state index is 0.0381. The van der Waals surface area contributed by atoms with E-state index in [1.165, 1.54) is 0 Å². The van der Waals surface area contributed by atoms with Crippen molar-refractivity contribution in [3.63, 3.8) is 0 Å². The second-order valence-corrected chi connectivity index (χ2v) is 5.38. The summed E-state index contributed by atoms with van der Waals surface area (Å²) in [5.41, 5.74) is 3.26. The Labute approximate surface area is 129 Å². The average molecular weight is 313 g/mol. The van der Waals surface area contributed by atoms with Gasteiger partial charge in [-0.1, -0.05) is 0 Å². The average Bonchev–Trinajstić information content (AvgIpc) is 2.53. The molecule has 124 valence electrons. The summed E-state index contributed by atoms with van der Waals surface area (Å²) in [7, 11) is 0. The first-order chi connectivity index (χ1) is 10.7. The van der Waals surface area contributed by atoms with Crippen molar-refractivity contribution in [3.05, 3.63) is 0 Å². The number of hydrogen-bond acceptors (Lipinski definition) is 6. The lowest BCUT2D eigenvalue weighted by molar-refractivity contribution is -0.126.